The van der Waals surface area contributed by atoms with E-state index >= 15 is 0 Å². The minimum Gasteiger partial charge on any atom is -0.205 e. The summed E-state index contributed by atoms with van der Waals surface area (Å²) < 4.78 is 25.7. The fraction of sp³-hybridized carbons (Fsp3) is 0.300. The van der Waals surface area contributed by atoms with Crippen LogP contribution in [-0.2, 0) is 0 Å². The number of hydrogen-bond donors (Lipinski definition) is 0. The molecular formula is C10H9F2N. The summed E-state index contributed by atoms with van der Waals surface area (Å²) in [5.74, 6) is -4.34. The molecule has 0 spiro atoms. The quantitative estimate of drug-likeness (QED) is 0.688. The van der Waals surface area contributed by atoms with E-state index in [4.69, 9.17) is 5.26 Å². The molecule has 0 N–H and O–H groups in total. The van der Waals surface area contributed by atoms with E-state index in [0.717, 1.165) is 6.92 Å². The van der Waals surface area contributed by atoms with Gasteiger partial charge in [0.1, 0.15) is 5.92 Å². The highest BCUT2D eigenvalue weighted by molar-refractivity contribution is 5.27. The van der Waals surface area contributed by atoms with E-state index < -0.39 is 11.8 Å². The normalized spacial score (nSPS) is 13.4. The van der Waals surface area contributed by atoms with Gasteiger partial charge in [0.15, 0.2) is 0 Å². The summed E-state index contributed by atoms with van der Waals surface area (Å²) >= 11 is 0. The number of halogens is 2. The Morgan fingerprint density at radius 2 is 1.85 bits per heavy atom. The molecule has 0 aliphatic heterocycles. The highest BCUT2D eigenvalue weighted by Crippen LogP contribution is 2.31. The third-order valence-corrected chi connectivity index (χ3v) is 1.77. The van der Waals surface area contributed by atoms with Crippen LogP contribution >= 0.6 is 0 Å². The molecule has 0 aliphatic carbocycles. The molecule has 0 amide bonds. The average molecular weight is 181 g/mol. The van der Waals surface area contributed by atoms with Crippen LogP contribution in [0.2, 0.25) is 0 Å². The maximum Gasteiger partial charge on any atom is 0.265 e. The SMILES string of the molecule is CC(F)(F)C(C#N)c1ccccc1. The lowest BCUT2D eigenvalue weighted by molar-refractivity contribution is 0.00906. The van der Waals surface area contributed by atoms with Crippen LogP contribution in [0.5, 0.6) is 0 Å². The Morgan fingerprint density at radius 3 is 2.23 bits per heavy atom. The van der Waals surface area contributed by atoms with E-state index in [1.807, 2.05) is 0 Å². The second-order valence-corrected chi connectivity index (χ2v) is 2.93. The molecule has 0 radical (unpaired) electrons. The lowest BCUT2D eigenvalue weighted by Gasteiger charge is -2.16. The van der Waals surface area contributed by atoms with Gasteiger partial charge < -0.3 is 0 Å². The van der Waals surface area contributed by atoms with Gasteiger partial charge in [-0.15, -0.1) is 0 Å². The minimum absolute atomic E-state index is 0.359. The Kier molecular flexibility index (Phi) is 2.62. The number of nitriles is 1. The molecule has 3 heteroatoms. The summed E-state index contributed by atoms with van der Waals surface area (Å²) in [6.45, 7) is 0.758. The molecule has 13 heavy (non-hydrogen) atoms. The standard InChI is InChI=1S/C10H9F2N/c1-10(11,12)9(7-13)8-5-3-2-4-6-8/h2-6,9H,1H3. The number of alkyl halides is 2. The van der Waals surface area contributed by atoms with Gasteiger partial charge in [0.05, 0.1) is 6.07 Å². The summed E-state index contributed by atoms with van der Waals surface area (Å²) in [6.07, 6.45) is 0. The first kappa shape index (κ1) is 9.66. The molecule has 0 saturated carbocycles. The third-order valence-electron chi connectivity index (χ3n) is 1.77. The Balaban J connectivity index is 3.01. The monoisotopic (exact) mass is 181 g/mol. The largest absolute Gasteiger partial charge is 0.265 e. The predicted octanol–water partition coefficient (Wildman–Crippen LogP) is 2.95. The molecule has 0 saturated heterocycles. The van der Waals surface area contributed by atoms with Crippen LogP contribution in [0.3, 0.4) is 0 Å². The number of benzene rings is 1. The van der Waals surface area contributed by atoms with E-state index in [2.05, 4.69) is 0 Å². The molecule has 1 atom stereocenters. The van der Waals surface area contributed by atoms with E-state index in [0.29, 0.717) is 5.56 Å². The highest BCUT2D eigenvalue weighted by Gasteiger charge is 2.35. The van der Waals surface area contributed by atoms with Gasteiger partial charge >= 0.3 is 0 Å². The lowest BCUT2D eigenvalue weighted by atomic mass is 9.95. The highest BCUT2D eigenvalue weighted by atomic mass is 19.3. The zero-order chi connectivity index (χ0) is 9.90. The predicted molar refractivity (Wildman–Crippen MR) is 45.4 cm³/mol. The maximum atomic E-state index is 12.9. The Hall–Kier alpha value is -1.43. The summed E-state index contributed by atoms with van der Waals surface area (Å²) in [7, 11) is 0. The molecule has 1 aromatic rings. The van der Waals surface area contributed by atoms with Crippen LogP contribution in [0, 0.1) is 11.3 Å². The summed E-state index contributed by atoms with van der Waals surface area (Å²) in [4.78, 5) is 0. The fourth-order valence-corrected chi connectivity index (χ4v) is 1.13. The van der Waals surface area contributed by atoms with Crippen LogP contribution in [0.4, 0.5) is 8.78 Å². The Bertz CT molecular complexity index is 308. The number of hydrogen-bond acceptors (Lipinski definition) is 1. The molecule has 1 unspecified atom stereocenters. The molecule has 0 bridgehead atoms. The van der Waals surface area contributed by atoms with Gasteiger partial charge in [-0.05, 0) is 5.56 Å². The topological polar surface area (TPSA) is 23.8 Å². The van der Waals surface area contributed by atoms with Crippen molar-refractivity contribution >= 4 is 0 Å². The van der Waals surface area contributed by atoms with E-state index in [-0.39, 0.29) is 0 Å². The van der Waals surface area contributed by atoms with Crippen LogP contribution < -0.4 is 0 Å². The van der Waals surface area contributed by atoms with Crippen LogP contribution in [0.15, 0.2) is 30.3 Å². The first-order chi connectivity index (χ1) is 6.05. The molecule has 1 rings (SSSR count). The second-order valence-electron chi connectivity index (χ2n) is 2.93. The van der Waals surface area contributed by atoms with Crippen molar-refractivity contribution in [3.8, 4) is 6.07 Å². The molecule has 1 aromatic carbocycles. The molecule has 68 valence electrons. The van der Waals surface area contributed by atoms with Crippen molar-refractivity contribution < 1.29 is 8.78 Å². The summed E-state index contributed by atoms with van der Waals surface area (Å²) in [5.41, 5.74) is 0.359. The molecule has 0 fully saturated rings. The fourth-order valence-electron chi connectivity index (χ4n) is 1.13. The van der Waals surface area contributed by atoms with Gasteiger partial charge in [-0.2, -0.15) is 5.26 Å². The van der Waals surface area contributed by atoms with E-state index in [9.17, 15) is 8.78 Å². The van der Waals surface area contributed by atoms with Crippen molar-refractivity contribution in [1.82, 2.24) is 0 Å². The van der Waals surface area contributed by atoms with Gasteiger partial charge in [0.2, 0.25) is 0 Å². The van der Waals surface area contributed by atoms with Gasteiger partial charge in [-0.25, -0.2) is 8.78 Å². The van der Waals surface area contributed by atoms with Crippen molar-refractivity contribution in [3.05, 3.63) is 35.9 Å². The summed E-state index contributed by atoms with van der Waals surface area (Å²) in [6, 6.07) is 9.69. The van der Waals surface area contributed by atoms with Crippen molar-refractivity contribution in [2.45, 2.75) is 18.8 Å². The van der Waals surface area contributed by atoms with E-state index in [1.165, 1.54) is 12.1 Å². The lowest BCUT2D eigenvalue weighted by Crippen LogP contribution is -2.20. The molecular weight excluding hydrogens is 172 g/mol. The number of rotatable bonds is 2. The van der Waals surface area contributed by atoms with Crippen molar-refractivity contribution in [2.75, 3.05) is 0 Å². The average Bonchev–Trinajstić information content (AvgIpc) is 2.05. The zero-order valence-corrected chi connectivity index (χ0v) is 7.17. The maximum absolute atomic E-state index is 12.9. The first-order valence-electron chi connectivity index (χ1n) is 3.88. The molecule has 0 aromatic heterocycles. The van der Waals surface area contributed by atoms with Crippen LogP contribution in [0.1, 0.15) is 18.4 Å². The molecule has 1 nitrogen and oxygen atoms in total. The number of nitrogens with zero attached hydrogens (tertiary/aromatic N) is 1. The van der Waals surface area contributed by atoms with Gasteiger partial charge in [-0.3, -0.25) is 0 Å². The molecule has 0 heterocycles. The van der Waals surface area contributed by atoms with Crippen LogP contribution in [-0.4, -0.2) is 5.92 Å². The zero-order valence-electron chi connectivity index (χ0n) is 7.17. The van der Waals surface area contributed by atoms with Gasteiger partial charge in [-0.1, -0.05) is 30.3 Å². The van der Waals surface area contributed by atoms with Gasteiger partial charge in [0, 0.05) is 6.92 Å². The third kappa shape index (κ3) is 2.25. The van der Waals surface area contributed by atoms with E-state index in [1.54, 1.807) is 24.3 Å². The van der Waals surface area contributed by atoms with Crippen LogP contribution in [0.25, 0.3) is 0 Å². The Labute approximate surface area is 75.6 Å². The Morgan fingerprint density at radius 1 is 1.31 bits per heavy atom. The summed E-state index contributed by atoms with van der Waals surface area (Å²) in [5, 5.41) is 8.59. The van der Waals surface area contributed by atoms with Gasteiger partial charge in [0.25, 0.3) is 5.92 Å². The second kappa shape index (κ2) is 3.53. The smallest absolute Gasteiger partial charge is 0.205 e. The minimum atomic E-state index is -2.99. The van der Waals surface area contributed by atoms with Crippen molar-refractivity contribution in [3.63, 3.8) is 0 Å². The van der Waals surface area contributed by atoms with Crippen molar-refractivity contribution in [2.24, 2.45) is 0 Å². The van der Waals surface area contributed by atoms with Crippen molar-refractivity contribution in [1.29, 1.82) is 5.26 Å². The molecule has 0 aliphatic rings. The first-order valence-corrected chi connectivity index (χ1v) is 3.88.